The Balaban J connectivity index is 2.25. The van der Waals surface area contributed by atoms with Crippen molar-refractivity contribution >= 4 is 5.91 Å². The van der Waals surface area contributed by atoms with Crippen molar-refractivity contribution in [2.45, 2.75) is 39.7 Å². The van der Waals surface area contributed by atoms with Crippen LogP contribution in [0.4, 0.5) is 0 Å². The highest BCUT2D eigenvalue weighted by atomic mass is 16.5. The molecule has 1 saturated heterocycles. The summed E-state index contributed by atoms with van der Waals surface area (Å²) in [7, 11) is 0. The molecule has 0 aromatic heterocycles. The first-order valence-electron chi connectivity index (χ1n) is 8.77. The first-order chi connectivity index (χ1) is 11.7. The van der Waals surface area contributed by atoms with E-state index in [0.717, 1.165) is 25.9 Å². The summed E-state index contributed by atoms with van der Waals surface area (Å²) in [5.41, 5.74) is 0.524. The molecule has 0 spiro atoms. The van der Waals surface area contributed by atoms with E-state index in [2.05, 4.69) is 10.6 Å². The number of nitrogens with one attached hydrogen (secondary N) is 2. The Morgan fingerprint density at radius 1 is 1.12 bits per heavy atom. The van der Waals surface area contributed by atoms with Crippen LogP contribution >= 0.6 is 0 Å². The maximum absolute atomic E-state index is 12.6. The summed E-state index contributed by atoms with van der Waals surface area (Å²) in [4.78, 5) is 12.6. The molecular formula is C18H28N2O4. The van der Waals surface area contributed by atoms with Crippen LogP contribution in [0.15, 0.2) is 12.1 Å². The highest BCUT2D eigenvalue weighted by molar-refractivity contribution is 5.95. The summed E-state index contributed by atoms with van der Waals surface area (Å²) in [5, 5.41) is 6.37. The molecule has 1 fully saturated rings. The van der Waals surface area contributed by atoms with E-state index in [0.29, 0.717) is 42.6 Å². The molecule has 1 aliphatic heterocycles. The summed E-state index contributed by atoms with van der Waals surface area (Å²) in [6.45, 7) is 9.00. The molecule has 134 valence electrons. The van der Waals surface area contributed by atoms with Gasteiger partial charge in [-0.3, -0.25) is 4.79 Å². The fraction of sp³-hybridized carbons (Fsp3) is 0.611. The smallest absolute Gasteiger partial charge is 0.251 e. The molecule has 1 aromatic rings. The Labute approximate surface area is 143 Å². The summed E-state index contributed by atoms with van der Waals surface area (Å²) < 4.78 is 17.0. The lowest BCUT2D eigenvalue weighted by Crippen LogP contribution is -2.45. The lowest BCUT2D eigenvalue weighted by Gasteiger charge is -2.24. The zero-order valence-corrected chi connectivity index (χ0v) is 14.8. The number of benzene rings is 1. The van der Waals surface area contributed by atoms with Gasteiger partial charge in [0.2, 0.25) is 5.75 Å². The van der Waals surface area contributed by atoms with Crippen LogP contribution in [0.2, 0.25) is 0 Å². The number of hydrogen-bond acceptors (Lipinski definition) is 5. The molecule has 6 nitrogen and oxygen atoms in total. The fourth-order valence-corrected chi connectivity index (χ4v) is 2.76. The van der Waals surface area contributed by atoms with Crippen LogP contribution in [0.1, 0.15) is 44.0 Å². The lowest BCUT2D eigenvalue weighted by atomic mass is 10.1. The molecular weight excluding hydrogens is 308 g/mol. The van der Waals surface area contributed by atoms with Gasteiger partial charge < -0.3 is 24.8 Å². The van der Waals surface area contributed by atoms with Crippen LogP contribution in [-0.4, -0.2) is 44.9 Å². The number of carbonyl (C=O) groups is 1. The van der Waals surface area contributed by atoms with Crippen LogP contribution < -0.4 is 24.8 Å². The Kier molecular flexibility index (Phi) is 7.18. The third kappa shape index (κ3) is 4.77. The monoisotopic (exact) mass is 336 g/mol. The van der Waals surface area contributed by atoms with Crippen molar-refractivity contribution in [3.05, 3.63) is 17.7 Å². The quantitative estimate of drug-likeness (QED) is 0.763. The van der Waals surface area contributed by atoms with Gasteiger partial charge in [-0.05, 0) is 52.3 Å². The van der Waals surface area contributed by atoms with Crippen molar-refractivity contribution in [3.8, 4) is 17.2 Å². The minimum Gasteiger partial charge on any atom is -0.490 e. The highest BCUT2D eigenvalue weighted by Gasteiger charge is 2.21. The normalized spacial score (nSPS) is 17.2. The van der Waals surface area contributed by atoms with Gasteiger partial charge >= 0.3 is 0 Å². The van der Waals surface area contributed by atoms with E-state index in [1.807, 2.05) is 20.8 Å². The molecule has 1 aromatic carbocycles. The van der Waals surface area contributed by atoms with E-state index in [1.54, 1.807) is 12.1 Å². The van der Waals surface area contributed by atoms with E-state index < -0.39 is 0 Å². The van der Waals surface area contributed by atoms with E-state index in [9.17, 15) is 4.79 Å². The van der Waals surface area contributed by atoms with Gasteiger partial charge in [-0.25, -0.2) is 0 Å². The van der Waals surface area contributed by atoms with Crippen molar-refractivity contribution in [1.82, 2.24) is 10.6 Å². The van der Waals surface area contributed by atoms with Crippen LogP contribution in [0.5, 0.6) is 17.2 Å². The maximum atomic E-state index is 12.6. The fourth-order valence-electron chi connectivity index (χ4n) is 2.76. The number of ether oxygens (including phenoxy) is 3. The van der Waals surface area contributed by atoms with Crippen molar-refractivity contribution in [2.24, 2.45) is 0 Å². The second kappa shape index (κ2) is 9.37. The first kappa shape index (κ1) is 18.4. The second-order valence-corrected chi connectivity index (χ2v) is 5.62. The van der Waals surface area contributed by atoms with Crippen LogP contribution in [0, 0.1) is 0 Å². The largest absolute Gasteiger partial charge is 0.490 e. The van der Waals surface area contributed by atoms with E-state index in [4.69, 9.17) is 14.2 Å². The molecule has 1 amide bonds. The molecule has 1 heterocycles. The van der Waals surface area contributed by atoms with Crippen molar-refractivity contribution in [1.29, 1.82) is 0 Å². The molecule has 1 aliphatic rings. The van der Waals surface area contributed by atoms with Crippen LogP contribution in [0.3, 0.4) is 0 Å². The molecule has 2 N–H and O–H groups in total. The van der Waals surface area contributed by atoms with Gasteiger partial charge in [-0.15, -0.1) is 0 Å². The van der Waals surface area contributed by atoms with Gasteiger partial charge in [0.05, 0.1) is 19.8 Å². The van der Waals surface area contributed by atoms with Gasteiger partial charge in [-0.1, -0.05) is 0 Å². The standard InChI is InChI=1S/C18H28N2O4/c1-4-22-15-10-13(11-16(23-5-2)17(15)24-6-3)18(21)20-14-8-7-9-19-12-14/h10-11,14,19H,4-9,12H2,1-3H3,(H,20,21)/t14-/m0/s1. The molecule has 24 heavy (non-hydrogen) atoms. The number of rotatable bonds is 8. The maximum Gasteiger partial charge on any atom is 0.251 e. The van der Waals surface area contributed by atoms with Gasteiger partial charge in [0.1, 0.15) is 0 Å². The zero-order chi connectivity index (χ0) is 17.4. The Morgan fingerprint density at radius 2 is 1.75 bits per heavy atom. The zero-order valence-electron chi connectivity index (χ0n) is 14.8. The summed E-state index contributed by atoms with van der Waals surface area (Å²) in [5.74, 6) is 1.51. The predicted octanol–water partition coefficient (Wildman–Crippen LogP) is 2.36. The van der Waals surface area contributed by atoms with Gasteiger partial charge in [-0.2, -0.15) is 0 Å². The van der Waals surface area contributed by atoms with Crippen molar-refractivity contribution < 1.29 is 19.0 Å². The highest BCUT2D eigenvalue weighted by Crippen LogP contribution is 2.39. The van der Waals surface area contributed by atoms with Crippen LogP contribution in [0.25, 0.3) is 0 Å². The molecule has 1 atom stereocenters. The van der Waals surface area contributed by atoms with E-state index >= 15 is 0 Å². The molecule has 0 aliphatic carbocycles. The molecule has 0 radical (unpaired) electrons. The molecule has 0 unspecified atom stereocenters. The average Bonchev–Trinajstić information content (AvgIpc) is 2.58. The van der Waals surface area contributed by atoms with Crippen molar-refractivity contribution in [3.63, 3.8) is 0 Å². The summed E-state index contributed by atoms with van der Waals surface area (Å²) in [6.07, 6.45) is 2.06. The Bertz CT molecular complexity index is 515. The minimum absolute atomic E-state index is 0.117. The SMILES string of the molecule is CCOc1cc(C(=O)N[C@H]2CCCNC2)cc(OCC)c1OCC. The molecule has 0 saturated carbocycles. The minimum atomic E-state index is -0.117. The Morgan fingerprint density at radius 3 is 2.25 bits per heavy atom. The second-order valence-electron chi connectivity index (χ2n) is 5.62. The molecule has 2 rings (SSSR count). The average molecular weight is 336 g/mol. The van der Waals surface area contributed by atoms with Gasteiger partial charge in [0.15, 0.2) is 11.5 Å². The van der Waals surface area contributed by atoms with Gasteiger partial charge in [0.25, 0.3) is 5.91 Å². The number of hydrogen-bond donors (Lipinski definition) is 2. The predicted molar refractivity (Wildman–Crippen MR) is 93.3 cm³/mol. The number of carbonyl (C=O) groups excluding carboxylic acids is 1. The first-order valence-corrected chi connectivity index (χ1v) is 8.77. The number of piperidine rings is 1. The van der Waals surface area contributed by atoms with Gasteiger partial charge in [0, 0.05) is 18.2 Å². The van der Waals surface area contributed by atoms with E-state index in [1.165, 1.54) is 0 Å². The molecule has 6 heteroatoms. The molecule has 0 bridgehead atoms. The number of amides is 1. The van der Waals surface area contributed by atoms with Crippen molar-refractivity contribution in [2.75, 3.05) is 32.9 Å². The third-order valence-electron chi connectivity index (χ3n) is 3.80. The summed E-state index contributed by atoms with van der Waals surface area (Å²) in [6, 6.07) is 3.61. The van der Waals surface area contributed by atoms with Crippen LogP contribution in [-0.2, 0) is 0 Å². The summed E-state index contributed by atoms with van der Waals surface area (Å²) >= 11 is 0. The topological polar surface area (TPSA) is 68.8 Å². The Hall–Kier alpha value is -1.95. The third-order valence-corrected chi connectivity index (χ3v) is 3.80. The van der Waals surface area contributed by atoms with E-state index in [-0.39, 0.29) is 11.9 Å². The lowest BCUT2D eigenvalue weighted by molar-refractivity contribution is 0.0929.